The highest BCUT2D eigenvalue weighted by Crippen LogP contribution is 2.14. The van der Waals surface area contributed by atoms with Gasteiger partial charge >= 0.3 is 0 Å². The molecule has 0 spiro atoms. The van der Waals surface area contributed by atoms with Crippen LogP contribution in [0.2, 0.25) is 0 Å². The van der Waals surface area contributed by atoms with Crippen molar-refractivity contribution in [2.75, 3.05) is 17.3 Å². The van der Waals surface area contributed by atoms with E-state index < -0.39 is 10.0 Å². The second-order valence-corrected chi connectivity index (χ2v) is 6.86. The Morgan fingerprint density at radius 2 is 1.84 bits per heavy atom. The van der Waals surface area contributed by atoms with Crippen LogP contribution in [0.25, 0.3) is 0 Å². The summed E-state index contributed by atoms with van der Waals surface area (Å²) in [7, 11) is -3.48. The Kier molecular flexibility index (Phi) is 5.84. The smallest absolute Gasteiger partial charge is 0.240 e. The molecule has 0 aliphatic heterocycles. The zero-order valence-electron chi connectivity index (χ0n) is 11.1. The van der Waals surface area contributed by atoms with Gasteiger partial charge in [-0.05, 0) is 44.4 Å². The van der Waals surface area contributed by atoms with Crippen LogP contribution in [0, 0.1) is 0 Å². The molecular formula is C12H18N2O3S2. The minimum Gasteiger partial charge on any atom is -0.325 e. The lowest BCUT2D eigenvalue weighted by molar-refractivity contribution is -0.113. The number of thioether (sulfide) groups is 1. The Morgan fingerprint density at radius 1 is 1.26 bits per heavy atom. The predicted octanol–water partition coefficient (Wildman–Crippen LogP) is 1.67. The van der Waals surface area contributed by atoms with Gasteiger partial charge in [0, 0.05) is 11.7 Å². The Hall–Kier alpha value is -1.05. The molecule has 0 aromatic heterocycles. The van der Waals surface area contributed by atoms with Crippen LogP contribution in [0.15, 0.2) is 29.2 Å². The monoisotopic (exact) mass is 302 g/mol. The van der Waals surface area contributed by atoms with Crippen LogP contribution in [-0.2, 0) is 14.8 Å². The third-order valence-corrected chi connectivity index (χ3v) is 4.34. The molecule has 0 radical (unpaired) electrons. The van der Waals surface area contributed by atoms with Crippen LogP contribution in [0.3, 0.4) is 0 Å². The van der Waals surface area contributed by atoms with Crippen molar-refractivity contribution in [1.82, 2.24) is 4.72 Å². The van der Waals surface area contributed by atoms with Crippen LogP contribution < -0.4 is 10.0 Å². The lowest BCUT2D eigenvalue weighted by atomic mass is 10.3. The lowest BCUT2D eigenvalue weighted by Gasteiger charge is -2.10. The fraction of sp³-hybridized carbons (Fsp3) is 0.417. The summed E-state index contributed by atoms with van der Waals surface area (Å²) in [6, 6.07) is 5.94. The number of carbonyl (C=O) groups is 1. The highest BCUT2D eigenvalue weighted by atomic mass is 32.2. The number of hydrogen-bond acceptors (Lipinski definition) is 4. The normalized spacial score (nSPS) is 11.6. The van der Waals surface area contributed by atoms with E-state index in [0.29, 0.717) is 11.4 Å². The fourth-order valence-electron chi connectivity index (χ4n) is 1.42. The van der Waals surface area contributed by atoms with Crippen molar-refractivity contribution in [2.45, 2.75) is 24.8 Å². The Morgan fingerprint density at radius 3 is 2.32 bits per heavy atom. The van der Waals surface area contributed by atoms with Crippen molar-refractivity contribution in [2.24, 2.45) is 0 Å². The van der Waals surface area contributed by atoms with E-state index in [1.54, 1.807) is 26.0 Å². The van der Waals surface area contributed by atoms with Gasteiger partial charge in [0.2, 0.25) is 15.9 Å². The maximum atomic E-state index is 11.9. The predicted molar refractivity (Wildman–Crippen MR) is 78.9 cm³/mol. The Bertz CT molecular complexity index is 524. The van der Waals surface area contributed by atoms with Crippen molar-refractivity contribution in [3.8, 4) is 0 Å². The molecule has 0 aliphatic carbocycles. The summed E-state index contributed by atoms with van der Waals surface area (Å²) >= 11 is 1.43. The minimum atomic E-state index is -3.48. The largest absolute Gasteiger partial charge is 0.325 e. The van der Waals surface area contributed by atoms with Gasteiger partial charge in [0.1, 0.15) is 0 Å². The molecule has 1 aromatic carbocycles. The average Bonchev–Trinajstić information content (AvgIpc) is 2.28. The number of anilines is 1. The number of hydrogen-bond donors (Lipinski definition) is 2. The standard InChI is InChI=1S/C12H18N2O3S2/c1-9(2)14-19(16,17)11-6-4-10(5-7-11)13-12(15)8-18-3/h4-7,9,14H,8H2,1-3H3,(H,13,15). The number of benzene rings is 1. The summed E-state index contributed by atoms with van der Waals surface area (Å²) in [4.78, 5) is 11.6. The average molecular weight is 302 g/mol. The molecule has 0 bridgehead atoms. The Balaban J connectivity index is 2.79. The van der Waals surface area contributed by atoms with Crippen molar-refractivity contribution < 1.29 is 13.2 Å². The van der Waals surface area contributed by atoms with Crippen molar-refractivity contribution >= 4 is 33.4 Å². The number of carbonyl (C=O) groups excluding carboxylic acids is 1. The van der Waals surface area contributed by atoms with Gasteiger partial charge in [0.05, 0.1) is 10.6 Å². The van der Waals surface area contributed by atoms with Gasteiger partial charge in [0.15, 0.2) is 0 Å². The van der Waals surface area contributed by atoms with E-state index in [2.05, 4.69) is 10.0 Å². The molecule has 1 aromatic rings. The molecule has 2 N–H and O–H groups in total. The SMILES string of the molecule is CSCC(=O)Nc1ccc(S(=O)(=O)NC(C)C)cc1. The third-order valence-electron chi connectivity index (χ3n) is 2.11. The van der Waals surface area contributed by atoms with Crippen molar-refractivity contribution in [1.29, 1.82) is 0 Å². The van der Waals surface area contributed by atoms with Crippen LogP contribution in [0.5, 0.6) is 0 Å². The van der Waals surface area contributed by atoms with Gasteiger partial charge in [-0.15, -0.1) is 0 Å². The minimum absolute atomic E-state index is 0.108. The summed E-state index contributed by atoms with van der Waals surface area (Å²) in [5, 5.41) is 2.69. The number of rotatable bonds is 6. The van der Waals surface area contributed by atoms with Crippen LogP contribution in [0.4, 0.5) is 5.69 Å². The molecule has 0 fully saturated rings. The molecule has 0 aliphatic rings. The topological polar surface area (TPSA) is 75.3 Å². The number of amides is 1. The third kappa shape index (κ3) is 5.22. The van der Waals surface area contributed by atoms with E-state index in [9.17, 15) is 13.2 Å². The molecule has 0 unspecified atom stereocenters. The van der Waals surface area contributed by atoms with Crippen molar-refractivity contribution in [3.05, 3.63) is 24.3 Å². The lowest BCUT2D eigenvalue weighted by Crippen LogP contribution is -2.30. The first-order chi connectivity index (χ1) is 8.85. The van der Waals surface area contributed by atoms with Gasteiger partial charge in [-0.3, -0.25) is 4.79 Å². The summed E-state index contributed by atoms with van der Waals surface area (Å²) < 4.78 is 26.3. The quantitative estimate of drug-likeness (QED) is 0.838. The second-order valence-electron chi connectivity index (χ2n) is 4.28. The maximum Gasteiger partial charge on any atom is 0.240 e. The molecule has 106 valence electrons. The maximum absolute atomic E-state index is 11.9. The van der Waals surface area contributed by atoms with Gasteiger partial charge in [-0.1, -0.05) is 0 Å². The highest BCUT2D eigenvalue weighted by molar-refractivity contribution is 7.99. The molecule has 1 rings (SSSR count). The molecule has 0 atom stereocenters. The number of nitrogens with one attached hydrogen (secondary N) is 2. The first-order valence-corrected chi connectivity index (χ1v) is 8.64. The molecular weight excluding hydrogens is 284 g/mol. The Labute approximate surface area is 118 Å². The molecule has 0 saturated heterocycles. The molecule has 1 amide bonds. The summed E-state index contributed by atoms with van der Waals surface area (Å²) in [6.07, 6.45) is 1.84. The van der Waals surface area contributed by atoms with E-state index in [1.807, 2.05) is 6.26 Å². The van der Waals surface area contributed by atoms with Crippen molar-refractivity contribution in [3.63, 3.8) is 0 Å². The molecule has 19 heavy (non-hydrogen) atoms. The van der Waals surface area contributed by atoms with E-state index in [0.717, 1.165) is 0 Å². The zero-order chi connectivity index (χ0) is 14.5. The van der Waals surface area contributed by atoms with Gasteiger partial charge in [0.25, 0.3) is 0 Å². The number of sulfonamides is 1. The van der Waals surface area contributed by atoms with E-state index >= 15 is 0 Å². The molecule has 7 heteroatoms. The second kappa shape index (κ2) is 6.93. The summed E-state index contributed by atoms with van der Waals surface area (Å²) in [5.41, 5.74) is 0.586. The fourth-order valence-corrected chi connectivity index (χ4v) is 3.01. The first-order valence-electron chi connectivity index (χ1n) is 5.76. The van der Waals surface area contributed by atoms with Gasteiger partial charge in [-0.25, -0.2) is 13.1 Å². The van der Waals surface area contributed by atoms with Crippen LogP contribution in [-0.4, -0.2) is 32.4 Å². The van der Waals surface area contributed by atoms with E-state index in [-0.39, 0.29) is 16.8 Å². The van der Waals surface area contributed by atoms with Gasteiger partial charge in [-0.2, -0.15) is 11.8 Å². The first kappa shape index (κ1) is 16.0. The summed E-state index contributed by atoms with van der Waals surface area (Å²) in [5.74, 6) is 0.262. The van der Waals surface area contributed by atoms with E-state index in [4.69, 9.17) is 0 Å². The van der Waals surface area contributed by atoms with Gasteiger partial charge < -0.3 is 5.32 Å². The van der Waals surface area contributed by atoms with Crippen LogP contribution in [0.1, 0.15) is 13.8 Å². The zero-order valence-corrected chi connectivity index (χ0v) is 12.8. The van der Waals surface area contributed by atoms with Crippen LogP contribution >= 0.6 is 11.8 Å². The molecule has 0 heterocycles. The van der Waals surface area contributed by atoms with E-state index in [1.165, 1.54) is 23.9 Å². The molecule has 5 nitrogen and oxygen atoms in total. The summed E-state index contributed by atoms with van der Waals surface area (Å²) in [6.45, 7) is 3.52. The molecule has 0 saturated carbocycles. The highest BCUT2D eigenvalue weighted by Gasteiger charge is 2.14.